The Labute approximate surface area is 219 Å². The minimum Gasteiger partial charge on any atom is -0.497 e. The smallest absolute Gasteiger partial charge is 0.223 e. The number of amides is 1. The first kappa shape index (κ1) is 25.3. The Balaban J connectivity index is 1.26. The van der Waals surface area contributed by atoms with Crippen molar-refractivity contribution in [2.75, 3.05) is 20.2 Å². The number of ether oxygens (including phenoxy) is 1. The molecule has 1 aliphatic rings. The molecule has 2 aromatic carbocycles. The van der Waals surface area contributed by atoms with Gasteiger partial charge in [0.2, 0.25) is 5.91 Å². The summed E-state index contributed by atoms with van der Waals surface area (Å²) in [7, 11) is 1.68. The zero-order chi connectivity index (χ0) is 24.1. The van der Waals surface area contributed by atoms with Gasteiger partial charge in [0.25, 0.3) is 0 Å². The number of benzene rings is 2. The number of aromatic nitrogens is 1. The minimum atomic E-state index is -0.109. The molecular formula is C27H31BrN2O2S2. The van der Waals surface area contributed by atoms with E-state index in [1.165, 1.54) is 10.6 Å². The lowest BCUT2D eigenvalue weighted by molar-refractivity contribution is -0.132. The van der Waals surface area contributed by atoms with Crippen LogP contribution in [0.25, 0.3) is 11.3 Å². The van der Waals surface area contributed by atoms with Gasteiger partial charge in [0.15, 0.2) is 0 Å². The zero-order valence-electron chi connectivity index (χ0n) is 19.9. The van der Waals surface area contributed by atoms with E-state index in [1.807, 2.05) is 36.0 Å². The summed E-state index contributed by atoms with van der Waals surface area (Å²) in [6.45, 7) is 5.97. The molecule has 4 nitrogen and oxygen atoms in total. The lowest BCUT2D eigenvalue weighted by atomic mass is 9.96. The maximum absolute atomic E-state index is 13.1. The summed E-state index contributed by atoms with van der Waals surface area (Å²) in [5.74, 6) is 2.46. The second-order valence-corrected chi connectivity index (χ2v) is 12.8. The van der Waals surface area contributed by atoms with Crippen molar-refractivity contribution in [3.63, 3.8) is 0 Å². The first-order chi connectivity index (χ1) is 16.3. The summed E-state index contributed by atoms with van der Waals surface area (Å²) in [5.41, 5.74) is 3.42. The monoisotopic (exact) mass is 558 g/mol. The Bertz CT molecular complexity index is 1110. The van der Waals surface area contributed by atoms with Gasteiger partial charge in [0.05, 0.1) is 17.8 Å². The lowest BCUT2D eigenvalue weighted by Crippen LogP contribution is -2.40. The standard InChI is InChI=1S/C27H31BrN2O2S2/c1-27(2,34-17-19-7-9-23(32-3)10-8-19)16-25(31)30-13-11-20(12-14-30)26-29-24(18-33-26)21-5-4-6-22(28)15-21/h4-10,15,18,20H,11-14,16-17H2,1-3H3. The molecule has 4 rings (SSSR count). The summed E-state index contributed by atoms with van der Waals surface area (Å²) < 4.78 is 6.19. The predicted molar refractivity (Wildman–Crippen MR) is 147 cm³/mol. The Morgan fingerprint density at radius 2 is 1.94 bits per heavy atom. The quantitative estimate of drug-likeness (QED) is 0.289. The third-order valence-electron chi connectivity index (χ3n) is 6.20. The van der Waals surface area contributed by atoms with Gasteiger partial charge in [-0.25, -0.2) is 4.98 Å². The van der Waals surface area contributed by atoms with Crippen LogP contribution in [0, 0.1) is 0 Å². The van der Waals surface area contributed by atoms with Crippen molar-refractivity contribution in [1.82, 2.24) is 9.88 Å². The van der Waals surface area contributed by atoms with Gasteiger partial charge in [0, 0.05) is 51.3 Å². The number of piperidine rings is 1. The highest BCUT2D eigenvalue weighted by Gasteiger charge is 2.30. The van der Waals surface area contributed by atoms with E-state index in [9.17, 15) is 4.79 Å². The first-order valence-corrected chi connectivity index (χ1v) is 14.2. The van der Waals surface area contributed by atoms with Crippen molar-refractivity contribution < 1.29 is 9.53 Å². The molecule has 0 radical (unpaired) electrons. The van der Waals surface area contributed by atoms with Crippen LogP contribution in [-0.4, -0.2) is 40.7 Å². The fourth-order valence-corrected chi connectivity index (χ4v) is 6.53. The predicted octanol–water partition coefficient (Wildman–Crippen LogP) is 7.39. The van der Waals surface area contributed by atoms with Gasteiger partial charge in [-0.2, -0.15) is 11.8 Å². The number of methoxy groups -OCH3 is 1. The minimum absolute atomic E-state index is 0.109. The molecule has 180 valence electrons. The molecule has 1 saturated heterocycles. The highest BCUT2D eigenvalue weighted by Crippen LogP contribution is 2.36. The van der Waals surface area contributed by atoms with E-state index in [2.05, 4.69) is 64.3 Å². The molecule has 2 heterocycles. The normalized spacial score (nSPS) is 14.9. The molecular weight excluding hydrogens is 528 g/mol. The van der Waals surface area contributed by atoms with Gasteiger partial charge < -0.3 is 9.64 Å². The number of carbonyl (C=O) groups is 1. The molecule has 1 aromatic heterocycles. The van der Waals surface area contributed by atoms with E-state index in [4.69, 9.17) is 9.72 Å². The maximum atomic E-state index is 13.1. The van der Waals surface area contributed by atoms with Crippen LogP contribution in [0.2, 0.25) is 0 Å². The highest BCUT2D eigenvalue weighted by molar-refractivity contribution is 9.10. The van der Waals surface area contributed by atoms with E-state index in [0.29, 0.717) is 12.3 Å². The molecule has 0 spiro atoms. The molecule has 1 fully saturated rings. The summed E-state index contributed by atoms with van der Waals surface area (Å²) in [5, 5.41) is 3.34. The van der Waals surface area contributed by atoms with Crippen molar-refractivity contribution in [3.8, 4) is 17.0 Å². The van der Waals surface area contributed by atoms with E-state index in [-0.39, 0.29) is 10.7 Å². The highest BCUT2D eigenvalue weighted by atomic mass is 79.9. The summed E-state index contributed by atoms with van der Waals surface area (Å²) >= 11 is 7.12. The molecule has 0 atom stereocenters. The second kappa shape index (κ2) is 11.3. The first-order valence-electron chi connectivity index (χ1n) is 11.6. The van der Waals surface area contributed by atoms with Crippen LogP contribution in [0.4, 0.5) is 0 Å². The van der Waals surface area contributed by atoms with Crippen molar-refractivity contribution in [2.24, 2.45) is 0 Å². The Morgan fingerprint density at radius 1 is 1.21 bits per heavy atom. The third-order valence-corrected chi connectivity index (χ3v) is 9.11. The number of carbonyl (C=O) groups excluding carboxylic acids is 1. The van der Waals surface area contributed by atoms with Crippen molar-refractivity contribution in [1.29, 1.82) is 0 Å². The SMILES string of the molecule is COc1ccc(CSC(C)(C)CC(=O)N2CCC(c3nc(-c4cccc(Br)c4)cs3)CC2)cc1. The van der Waals surface area contributed by atoms with Gasteiger partial charge in [-0.05, 0) is 42.7 Å². The Kier molecular flexibility index (Phi) is 8.38. The number of halogens is 1. The van der Waals surface area contributed by atoms with E-state index in [0.717, 1.165) is 53.2 Å². The number of hydrogen-bond donors (Lipinski definition) is 0. The molecule has 0 saturated carbocycles. The molecule has 3 aromatic rings. The average Bonchev–Trinajstić information content (AvgIpc) is 3.33. The van der Waals surface area contributed by atoms with Crippen molar-refractivity contribution in [3.05, 3.63) is 69.0 Å². The summed E-state index contributed by atoms with van der Waals surface area (Å²) in [6.07, 6.45) is 2.52. The maximum Gasteiger partial charge on any atom is 0.223 e. The summed E-state index contributed by atoms with van der Waals surface area (Å²) in [4.78, 5) is 20.0. The molecule has 1 amide bonds. The molecule has 0 unspecified atom stereocenters. The third kappa shape index (κ3) is 6.64. The average molecular weight is 560 g/mol. The molecule has 0 bridgehead atoms. The van der Waals surface area contributed by atoms with Gasteiger partial charge >= 0.3 is 0 Å². The van der Waals surface area contributed by atoms with Crippen LogP contribution in [0.15, 0.2) is 58.4 Å². The number of nitrogens with zero attached hydrogens (tertiary/aromatic N) is 2. The number of thioether (sulfide) groups is 1. The molecule has 0 aliphatic carbocycles. The fraction of sp³-hybridized carbons (Fsp3) is 0.407. The van der Waals surface area contributed by atoms with E-state index in [1.54, 1.807) is 18.4 Å². The molecule has 0 N–H and O–H groups in total. The van der Waals surface area contributed by atoms with Gasteiger partial charge in [-0.3, -0.25) is 4.79 Å². The van der Waals surface area contributed by atoms with E-state index >= 15 is 0 Å². The van der Waals surface area contributed by atoms with Gasteiger partial charge in [0.1, 0.15) is 5.75 Å². The zero-order valence-corrected chi connectivity index (χ0v) is 23.1. The van der Waals surface area contributed by atoms with Crippen molar-refractivity contribution >= 4 is 44.9 Å². The lowest BCUT2D eigenvalue weighted by Gasteiger charge is -2.33. The topological polar surface area (TPSA) is 42.4 Å². The molecule has 1 aliphatic heterocycles. The largest absolute Gasteiger partial charge is 0.497 e. The fourth-order valence-electron chi connectivity index (χ4n) is 4.16. The van der Waals surface area contributed by atoms with Crippen LogP contribution < -0.4 is 4.74 Å². The number of thiazole rings is 1. The van der Waals surface area contributed by atoms with Gasteiger partial charge in [-0.15, -0.1) is 11.3 Å². The van der Waals surface area contributed by atoms with Crippen LogP contribution in [-0.2, 0) is 10.5 Å². The Hall–Kier alpha value is -1.83. The number of hydrogen-bond acceptors (Lipinski definition) is 5. The van der Waals surface area contributed by atoms with Crippen molar-refractivity contribution in [2.45, 2.75) is 49.5 Å². The van der Waals surface area contributed by atoms with E-state index < -0.39 is 0 Å². The van der Waals surface area contributed by atoms with Crippen LogP contribution in [0.1, 0.15) is 49.6 Å². The summed E-state index contributed by atoms with van der Waals surface area (Å²) in [6, 6.07) is 16.4. The van der Waals surface area contributed by atoms with Crippen LogP contribution in [0.5, 0.6) is 5.75 Å². The van der Waals surface area contributed by atoms with Gasteiger partial charge in [-0.1, -0.05) is 54.0 Å². The second-order valence-electron chi connectivity index (χ2n) is 9.31. The Morgan fingerprint density at radius 3 is 2.62 bits per heavy atom. The number of likely N-dealkylation sites (tertiary alicyclic amines) is 1. The number of rotatable bonds is 8. The van der Waals surface area contributed by atoms with Crippen LogP contribution in [0.3, 0.4) is 0 Å². The van der Waals surface area contributed by atoms with Crippen LogP contribution >= 0.6 is 39.0 Å². The molecule has 34 heavy (non-hydrogen) atoms. The molecule has 7 heteroatoms.